The summed E-state index contributed by atoms with van der Waals surface area (Å²) in [6, 6.07) is 8.78. The molecule has 0 spiro atoms. The second kappa shape index (κ2) is 7.88. The van der Waals surface area contributed by atoms with Crippen LogP contribution in [0.5, 0.6) is 0 Å². The van der Waals surface area contributed by atoms with Gasteiger partial charge in [0, 0.05) is 60.8 Å². The third-order valence-corrected chi connectivity index (χ3v) is 6.65. The molecule has 3 aromatic rings. The van der Waals surface area contributed by atoms with E-state index in [2.05, 4.69) is 20.2 Å². The molecule has 0 bridgehead atoms. The van der Waals surface area contributed by atoms with Crippen molar-refractivity contribution in [2.24, 2.45) is 0 Å². The summed E-state index contributed by atoms with van der Waals surface area (Å²) in [6.45, 7) is 5.63. The number of piperazine rings is 1. The molecule has 4 heterocycles. The third-order valence-electron chi connectivity index (χ3n) is 6.65. The lowest BCUT2D eigenvalue weighted by molar-refractivity contribution is 0.0996. The van der Waals surface area contributed by atoms with Gasteiger partial charge in [0.05, 0.1) is 12.2 Å². The van der Waals surface area contributed by atoms with Crippen LogP contribution >= 0.6 is 0 Å². The molecule has 1 N–H and O–H groups in total. The summed E-state index contributed by atoms with van der Waals surface area (Å²) in [7, 11) is 0. The molecule has 1 amide bonds. The van der Waals surface area contributed by atoms with Gasteiger partial charge in [-0.3, -0.25) is 14.7 Å². The predicted octanol–water partition coefficient (Wildman–Crippen LogP) is 3.43. The van der Waals surface area contributed by atoms with E-state index < -0.39 is 0 Å². The van der Waals surface area contributed by atoms with Crippen molar-refractivity contribution in [3.63, 3.8) is 0 Å². The molecule has 2 fully saturated rings. The first-order valence-corrected chi connectivity index (χ1v) is 11.5. The van der Waals surface area contributed by atoms with Crippen LogP contribution in [0.15, 0.2) is 36.5 Å². The Balaban J connectivity index is 1.40. The van der Waals surface area contributed by atoms with Gasteiger partial charge in [0.2, 0.25) is 5.95 Å². The van der Waals surface area contributed by atoms with Crippen molar-refractivity contribution in [2.75, 3.05) is 36.0 Å². The Labute approximate surface area is 191 Å². The van der Waals surface area contributed by atoms with E-state index in [0.29, 0.717) is 41.0 Å². The summed E-state index contributed by atoms with van der Waals surface area (Å²) in [5, 5.41) is 3.33. The molecule has 33 heavy (non-hydrogen) atoms. The van der Waals surface area contributed by atoms with Crippen molar-refractivity contribution in [2.45, 2.75) is 32.2 Å². The highest BCUT2D eigenvalue weighted by Gasteiger charge is 2.35. The van der Waals surface area contributed by atoms with Gasteiger partial charge in [-0.2, -0.15) is 4.98 Å². The molecule has 6 rings (SSSR count). The number of anilines is 2. The van der Waals surface area contributed by atoms with Crippen LogP contribution in [0.4, 0.5) is 16.2 Å². The van der Waals surface area contributed by atoms with E-state index in [1.165, 1.54) is 6.07 Å². The Morgan fingerprint density at radius 3 is 2.73 bits per heavy atom. The first-order chi connectivity index (χ1) is 16.1. The summed E-state index contributed by atoms with van der Waals surface area (Å²) < 4.78 is 15.1. The fourth-order valence-corrected chi connectivity index (χ4v) is 4.83. The number of aryl methyl sites for hydroxylation is 1. The fourth-order valence-electron chi connectivity index (χ4n) is 4.83. The standard InChI is InChI=1S/C25H25FN6O/c1-15-13-21(30-25(29-15)31-11-9-27-10-12-31)32-14-19-18(24(32)33)7-8-28-23(19)22-17(16-5-6-16)3-2-4-20(22)26/h2-4,7-8,13,16,27H,5-6,9-12,14H2,1H3. The molecule has 1 aromatic carbocycles. The summed E-state index contributed by atoms with van der Waals surface area (Å²) in [5.41, 5.74) is 4.21. The van der Waals surface area contributed by atoms with Gasteiger partial charge in [0.1, 0.15) is 11.6 Å². The van der Waals surface area contributed by atoms with Crippen molar-refractivity contribution in [3.8, 4) is 11.3 Å². The highest BCUT2D eigenvalue weighted by atomic mass is 19.1. The smallest absolute Gasteiger partial charge is 0.260 e. The topological polar surface area (TPSA) is 74.2 Å². The Morgan fingerprint density at radius 2 is 1.94 bits per heavy atom. The summed E-state index contributed by atoms with van der Waals surface area (Å²) in [6.07, 6.45) is 3.73. The molecule has 1 aliphatic carbocycles. The number of aromatic nitrogens is 3. The lowest BCUT2D eigenvalue weighted by Gasteiger charge is -2.28. The van der Waals surface area contributed by atoms with Crippen LogP contribution in [-0.2, 0) is 6.54 Å². The summed E-state index contributed by atoms with van der Waals surface area (Å²) >= 11 is 0. The van der Waals surface area contributed by atoms with E-state index in [0.717, 1.165) is 55.8 Å². The summed E-state index contributed by atoms with van der Waals surface area (Å²) in [4.78, 5) is 31.1. The number of carbonyl (C=O) groups is 1. The lowest BCUT2D eigenvalue weighted by atomic mass is 9.95. The van der Waals surface area contributed by atoms with Gasteiger partial charge in [0.15, 0.2) is 0 Å². The molecular formula is C25H25FN6O. The number of fused-ring (bicyclic) bond motifs is 1. The van der Waals surface area contributed by atoms with Gasteiger partial charge >= 0.3 is 0 Å². The average molecular weight is 445 g/mol. The minimum absolute atomic E-state index is 0.137. The van der Waals surface area contributed by atoms with Gasteiger partial charge in [-0.05, 0) is 43.4 Å². The molecule has 0 radical (unpaired) electrons. The van der Waals surface area contributed by atoms with Crippen LogP contribution in [0.1, 0.15) is 45.9 Å². The molecule has 0 unspecified atom stereocenters. The third kappa shape index (κ3) is 3.54. The maximum Gasteiger partial charge on any atom is 0.260 e. The molecule has 0 atom stereocenters. The van der Waals surface area contributed by atoms with Crippen molar-refractivity contribution in [1.29, 1.82) is 0 Å². The minimum Gasteiger partial charge on any atom is -0.338 e. The van der Waals surface area contributed by atoms with E-state index in [4.69, 9.17) is 4.98 Å². The number of benzene rings is 1. The zero-order valence-electron chi connectivity index (χ0n) is 18.5. The van der Waals surface area contributed by atoms with Crippen molar-refractivity contribution >= 4 is 17.7 Å². The number of nitrogens with one attached hydrogen (secondary N) is 1. The largest absolute Gasteiger partial charge is 0.338 e. The second-order valence-electron chi connectivity index (χ2n) is 8.96. The normalized spacial score (nSPS) is 18.1. The number of hydrogen-bond donors (Lipinski definition) is 1. The number of pyridine rings is 1. The van der Waals surface area contributed by atoms with E-state index in [9.17, 15) is 4.79 Å². The number of carbonyl (C=O) groups excluding carboxylic acids is 1. The van der Waals surface area contributed by atoms with Crippen LogP contribution in [0, 0.1) is 12.7 Å². The minimum atomic E-state index is -0.287. The van der Waals surface area contributed by atoms with Gasteiger partial charge in [-0.1, -0.05) is 12.1 Å². The van der Waals surface area contributed by atoms with Gasteiger partial charge in [0.25, 0.3) is 5.91 Å². The van der Waals surface area contributed by atoms with Crippen LogP contribution < -0.4 is 15.1 Å². The Bertz CT molecular complexity index is 1250. The van der Waals surface area contributed by atoms with Crippen LogP contribution in [0.2, 0.25) is 0 Å². The van der Waals surface area contributed by atoms with E-state index in [-0.39, 0.29) is 11.7 Å². The number of amides is 1. The molecule has 7 nitrogen and oxygen atoms in total. The molecular weight excluding hydrogens is 419 g/mol. The fraction of sp³-hybridized carbons (Fsp3) is 0.360. The first-order valence-electron chi connectivity index (χ1n) is 11.5. The highest BCUT2D eigenvalue weighted by molar-refractivity contribution is 6.10. The zero-order valence-corrected chi connectivity index (χ0v) is 18.5. The second-order valence-corrected chi connectivity index (χ2v) is 8.96. The average Bonchev–Trinajstić information content (AvgIpc) is 3.62. The number of hydrogen-bond acceptors (Lipinski definition) is 6. The maximum absolute atomic E-state index is 15.1. The first kappa shape index (κ1) is 20.2. The zero-order chi connectivity index (χ0) is 22.5. The van der Waals surface area contributed by atoms with Gasteiger partial charge in [-0.15, -0.1) is 0 Å². The van der Waals surface area contributed by atoms with Crippen molar-refractivity contribution in [1.82, 2.24) is 20.3 Å². The maximum atomic E-state index is 15.1. The van der Waals surface area contributed by atoms with Crippen LogP contribution in [0.25, 0.3) is 11.3 Å². The molecule has 1 saturated carbocycles. The molecule has 1 saturated heterocycles. The lowest BCUT2D eigenvalue weighted by Crippen LogP contribution is -2.44. The van der Waals surface area contributed by atoms with Crippen LogP contribution in [-0.4, -0.2) is 47.0 Å². The quantitative estimate of drug-likeness (QED) is 0.665. The number of nitrogens with zero attached hydrogens (tertiary/aromatic N) is 5. The highest BCUT2D eigenvalue weighted by Crippen LogP contribution is 2.46. The van der Waals surface area contributed by atoms with E-state index in [1.54, 1.807) is 23.2 Å². The van der Waals surface area contributed by atoms with Crippen molar-refractivity contribution < 1.29 is 9.18 Å². The van der Waals surface area contributed by atoms with Gasteiger partial charge in [-0.25, -0.2) is 9.37 Å². The van der Waals surface area contributed by atoms with E-state index in [1.807, 2.05) is 19.1 Å². The molecule has 8 heteroatoms. The van der Waals surface area contributed by atoms with Gasteiger partial charge < -0.3 is 10.2 Å². The summed E-state index contributed by atoms with van der Waals surface area (Å²) in [5.74, 6) is 1.15. The number of halogens is 1. The molecule has 3 aliphatic rings. The Kier molecular flexibility index (Phi) is 4.83. The SMILES string of the molecule is Cc1cc(N2Cc3c(ccnc3-c3c(F)cccc3C3CC3)C2=O)nc(N2CCNCC2)n1. The Morgan fingerprint density at radius 1 is 1.12 bits per heavy atom. The van der Waals surface area contributed by atoms with Crippen LogP contribution in [0.3, 0.4) is 0 Å². The van der Waals surface area contributed by atoms with E-state index >= 15 is 4.39 Å². The monoisotopic (exact) mass is 444 g/mol. The predicted molar refractivity (Wildman–Crippen MR) is 124 cm³/mol. The molecule has 2 aromatic heterocycles. The van der Waals surface area contributed by atoms with Crippen molar-refractivity contribution in [3.05, 3.63) is 64.7 Å². The number of rotatable bonds is 4. The molecule has 168 valence electrons. The Hall–Kier alpha value is -3.39. The molecule has 2 aliphatic heterocycles.